The number of carbonyl (C=O) groups is 1. The molecule has 1 aliphatic rings. The van der Waals surface area contributed by atoms with Crippen LogP contribution in [0.3, 0.4) is 0 Å². The highest BCUT2D eigenvalue weighted by Crippen LogP contribution is 1.95. The molecule has 0 unspecified atom stereocenters. The van der Waals surface area contributed by atoms with Gasteiger partial charge < -0.3 is 14.5 Å². The van der Waals surface area contributed by atoms with E-state index in [1.165, 1.54) is 33.1 Å². The summed E-state index contributed by atoms with van der Waals surface area (Å²) in [6.45, 7) is 9.12. The van der Waals surface area contributed by atoms with Crippen molar-refractivity contribution in [1.82, 2.24) is 0 Å². The van der Waals surface area contributed by atoms with Gasteiger partial charge in [-0.3, -0.25) is 4.79 Å². The lowest BCUT2D eigenvalue weighted by Crippen LogP contribution is -3.26. The van der Waals surface area contributed by atoms with Gasteiger partial charge >= 0.3 is 5.97 Å². The Hall–Kier alpha value is -1.05. The zero-order valence-electron chi connectivity index (χ0n) is 11.1. The van der Waals surface area contributed by atoms with Crippen molar-refractivity contribution >= 4 is 5.97 Å². The number of rotatable bonds is 3. The quantitative estimate of drug-likeness (QED) is 0.432. The van der Waals surface area contributed by atoms with Crippen molar-refractivity contribution in [2.24, 2.45) is 0 Å². The summed E-state index contributed by atoms with van der Waals surface area (Å²) >= 11 is 0. The largest absolute Gasteiger partial charge is 0.462 e. The fraction of sp³-hybridized carbons (Fsp3) is 0.769. The Balaban J connectivity index is 2.15. The van der Waals surface area contributed by atoms with Gasteiger partial charge in [0, 0.05) is 13.3 Å². The average Bonchev–Trinajstić information content (AvgIpc) is 2.26. The first-order valence-electron chi connectivity index (χ1n) is 6.35. The van der Waals surface area contributed by atoms with E-state index < -0.39 is 0 Å². The number of quaternary nitrogens is 2. The summed E-state index contributed by atoms with van der Waals surface area (Å²) in [5, 5.41) is 0. The SMILES string of the molecule is CC(=O)O[C@H](C)CC#CC[NH+]1CC[NH+](C)CC1. The van der Waals surface area contributed by atoms with Crippen LogP contribution >= 0.6 is 0 Å². The lowest BCUT2D eigenvalue weighted by molar-refractivity contribution is -1.000. The van der Waals surface area contributed by atoms with Gasteiger partial charge in [-0.1, -0.05) is 5.92 Å². The third-order valence-corrected chi connectivity index (χ3v) is 3.03. The van der Waals surface area contributed by atoms with Gasteiger partial charge in [0.2, 0.25) is 0 Å². The van der Waals surface area contributed by atoms with Gasteiger partial charge in [0.1, 0.15) is 38.8 Å². The van der Waals surface area contributed by atoms with Crippen molar-refractivity contribution in [3.05, 3.63) is 0 Å². The van der Waals surface area contributed by atoms with E-state index in [4.69, 9.17) is 4.74 Å². The highest BCUT2D eigenvalue weighted by Gasteiger charge is 2.18. The predicted octanol–water partition coefficient (Wildman–Crippen LogP) is -2.26. The van der Waals surface area contributed by atoms with Gasteiger partial charge in [0.15, 0.2) is 0 Å². The highest BCUT2D eigenvalue weighted by molar-refractivity contribution is 5.66. The van der Waals surface area contributed by atoms with Gasteiger partial charge in [0.05, 0.1) is 7.05 Å². The van der Waals surface area contributed by atoms with Crippen LogP contribution in [-0.2, 0) is 9.53 Å². The number of piperazine rings is 1. The van der Waals surface area contributed by atoms with Crippen LogP contribution in [-0.4, -0.2) is 51.8 Å². The first kappa shape index (κ1) is 14.0. The Morgan fingerprint density at radius 3 is 2.53 bits per heavy atom. The van der Waals surface area contributed by atoms with E-state index in [1.54, 1.807) is 9.80 Å². The van der Waals surface area contributed by atoms with Crippen LogP contribution in [0.2, 0.25) is 0 Å². The molecule has 4 nitrogen and oxygen atoms in total. The van der Waals surface area contributed by atoms with Gasteiger partial charge in [-0.05, 0) is 12.8 Å². The maximum atomic E-state index is 10.7. The number of ether oxygens (including phenoxy) is 1. The second kappa shape index (κ2) is 7.31. The predicted molar refractivity (Wildman–Crippen MR) is 65.8 cm³/mol. The van der Waals surface area contributed by atoms with E-state index >= 15 is 0 Å². The highest BCUT2D eigenvalue weighted by atomic mass is 16.5. The maximum Gasteiger partial charge on any atom is 0.302 e. The Labute approximate surface area is 104 Å². The molecule has 0 aromatic heterocycles. The van der Waals surface area contributed by atoms with Crippen LogP contribution in [0.25, 0.3) is 0 Å². The minimum atomic E-state index is -0.230. The normalized spacial score (nSPS) is 25.6. The van der Waals surface area contributed by atoms with E-state index in [0.717, 1.165) is 6.54 Å². The molecule has 0 aliphatic carbocycles. The lowest BCUT2D eigenvalue weighted by atomic mass is 10.3. The smallest absolute Gasteiger partial charge is 0.302 e. The summed E-state index contributed by atoms with van der Waals surface area (Å²) in [6, 6.07) is 0. The number of hydrogen-bond acceptors (Lipinski definition) is 2. The number of likely N-dealkylation sites (N-methyl/N-ethyl adjacent to an activating group) is 1. The molecule has 0 aromatic rings. The molecule has 1 aliphatic heterocycles. The van der Waals surface area contributed by atoms with E-state index in [0.29, 0.717) is 6.42 Å². The average molecular weight is 240 g/mol. The second-order valence-corrected chi connectivity index (χ2v) is 4.86. The molecule has 0 amide bonds. The molecular formula is C13H24N2O2+2. The summed E-state index contributed by atoms with van der Waals surface area (Å²) in [5.41, 5.74) is 0. The standard InChI is InChI=1S/C13H22N2O2/c1-12(17-13(2)16)6-4-5-7-15-10-8-14(3)9-11-15/h12H,6-11H2,1-3H3/p+2/t12-/m1/s1. The van der Waals surface area contributed by atoms with E-state index in [1.807, 2.05) is 6.92 Å². The van der Waals surface area contributed by atoms with Crippen molar-refractivity contribution in [2.45, 2.75) is 26.4 Å². The zero-order chi connectivity index (χ0) is 12.7. The zero-order valence-corrected chi connectivity index (χ0v) is 11.1. The molecule has 4 heteroatoms. The van der Waals surface area contributed by atoms with Gasteiger partial charge in [0.25, 0.3) is 0 Å². The summed E-state index contributed by atoms with van der Waals surface area (Å²) in [6.07, 6.45) is 0.546. The third kappa shape index (κ3) is 6.30. The molecule has 1 heterocycles. The summed E-state index contributed by atoms with van der Waals surface area (Å²) in [4.78, 5) is 13.9. The molecule has 0 aromatic carbocycles. The number of carbonyl (C=O) groups excluding carboxylic acids is 1. The van der Waals surface area contributed by atoms with Crippen LogP contribution in [0.1, 0.15) is 20.3 Å². The Morgan fingerprint density at radius 1 is 1.29 bits per heavy atom. The molecule has 0 radical (unpaired) electrons. The van der Waals surface area contributed by atoms with Crippen molar-refractivity contribution in [3.8, 4) is 11.8 Å². The molecule has 0 bridgehead atoms. The van der Waals surface area contributed by atoms with E-state index in [-0.39, 0.29) is 12.1 Å². The number of nitrogens with one attached hydrogen (secondary N) is 2. The monoisotopic (exact) mass is 240 g/mol. The van der Waals surface area contributed by atoms with Crippen LogP contribution in [0.15, 0.2) is 0 Å². The topological polar surface area (TPSA) is 35.2 Å². The molecule has 0 saturated carbocycles. The fourth-order valence-electron chi connectivity index (χ4n) is 1.94. The molecule has 1 rings (SSSR count). The fourth-order valence-corrected chi connectivity index (χ4v) is 1.94. The van der Waals surface area contributed by atoms with Crippen LogP contribution in [0.4, 0.5) is 0 Å². The minimum Gasteiger partial charge on any atom is -0.462 e. The number of hydrogen-bond donors (Lipinski definition) is 2. The Morgan fingerprint density at radius 2 is 1.94 bits per heavy atom. The van der Waals surface area contributed by atoms with Crippen molar-refractivity contribution in [1.29, 1.82) is 0 Å². The summed E-state index contributed by atoms with van der Waals surface area (Å²) in [5.74, 6) is 6.05. The molecule has 1 fully saturated rings. The summed E-state index contributed by atoms with van der Waals surface area (Å²) < 4.78 is 5.00. The Kier molecular flexibility index (Phi) is 6.03. The van der Waals surface area contributed by atoms with E-state index in [2.05, 4.69) is 18.9 Å². The molecule has 96 valence electrons. The van der Waals surface area contributed by atoms with Crippen LogP contribution in [0, 0.1) is 11.8 Å². The molecule has 1 atom stereocenters. The lowest BCUT2D eigenvalue weighted by Gasteiger charge is -2.25. The first-order chi connectivity index (χ1) is 8.08. The van der Waals surface area contributed by atoms with Crippen LogP contribution < -0.4 is 9.80 Å². The summed E-state index contributed by atoms with van der Waals surface area (Å²) in [7, 11) is 2.24. The molecular weight excluding hydrogens is 216 g/mol. The minimum absolute atomic E-state index is 0.0908. The maximum absolute atomic E-state index is 10.7. The molecule has 2 N–H and O–H groups in total. The van der Waals surface area contributed by atoms with Crippen molar-refractivity contribution in [3.63, 3.8) is 0 Å². The van der Waals surface area contributed by atoms with Gasteiger partial charge in [-0.15, -0.1) is 0 Å². The van der Waals surface area contributed by atoms with Gasteiger partial charge in [-0.25, -0.2) is 0 Å². The second-order valence-electron chi connectivity index (χ2n) is 4.86. The molecule has 17 heavy (non-hydrogen) atoms. The van der Waals surface area contributed by atoms with Crippen molar-refractivity contribution < 1.29 is 19.3 Å². The molecule has 1 saturated heterocycles. The molecule has 0 spiro atoms. The number of esters is 1. The first-order valence-corrected chi connectivity index (χ1v) is 6.35. The van der Waals surface area contributed by atoms with E-state index in [9.17, 15) is 4.79 Å². The Bertz CT molecular complexity index is 298. The van der Waals surface area contributed by atoms with Crippen molar-refractivity contribution in [2.75, 3.05) is 39.8 Å². The van der Waals surface area contributed by atoms with Gasteiger partial charge in [-0.2, -0.15) is 0 Å². The third-order valence-electron chi connectivity index (χ3n) is 3.03. The van der Waals surface area contributed by atoms with Crippen LogP contribution in [0.5, 0.6) is 0 Å².